The van der Waals surface area contributed by atoms with Crippen LogP contribution in [0.5, 0.6) is 23.0 Å². The Labute approximate surface area is 133 Å². The van der Waals surface area contributed by atoms with E-state index in [1.165, 1.54) is 18.2 Å². The van der Waals surface area contributed by atoms with Crippen LogP contribution < -0.4 is 5.32 Å². The number of phenols is 4. The zero-order chi connectivity index (χ0) is 14.3. The predicted octanol–water partition coefficient (Wildman–Crippen LogP) is 1.34. The normalized spacial score (nSPS) is 16.1. The molecule has 6 nitrogen and oxygen atoms in total. The Morgan fingerprint density at radius 2 is 1.59 bits per heavy atom. The molecule has 120 valence electrons. The molecule has 0 aliphatic carbocycles. The van der Waals surface area contributed by atoms with Crippen LogP contribution in [0.1, 0.15) is 22.6 Å². The molecule has 0 radical (unpaired) electrons. The minimum absolute atomic E-state index is 0. The van der Waals surface area contributed by atoms with Crippen LogP contribution in [0, 0.1) is 0 Å². The first-order chi connectivity index (χ1) is 9.58. The highest BCUT2D eigenvalue weighted by atomic mass is 35.5. The topological polar surface area (TPSA) is 124 Å². The molecule has 2 aromatic carbocycles. The number of rotatable bonds is 1. The Bertz CT molecular complexity index is 677. The molecular weight excluding hydrogens is 310 g/mol. The highest BCUT2D eigenvalue weighted by molar-refractivity contribution is 5.85. The first kappa shape index (κ1) is 17.9. The summed E-state index contributed by atoms with van der Waals surface area (Å²) in [6.45, 7) is 1.14. The van der Waals surface area contributed by atoms with Crippen LogP contribution in [0.15, 0.2) is 30.3 Å². The molecule has 0 bridgehead atoms. The number of phenolic OH excluding ortho intramolecular Hbond substituents is 4. The van der Waals surface area contributed by atoms with Gasteiger partial charge in [0.25, 0.3) is 0 Å². The second-order valence-electron chi connectivity index (χ2n) is 4.93. The zero-order valence-electron chi connectivity index (χ0n) is 11.6. The van der Waals surface area contributed by atoms with Gasteiger partial charge in [0.2, 0.25) is 0 Å². The number of halogens is 1. The largest absolute Gasteiger partial charge is 0.504 e. The lowest BCUT2D eigenvalue weighted by Gasteiger charge is -2.27. The van der Waals surface area contributed by atoms with Crippen molar-refractivity contribution < 1.29 is 25.9 Å². The van der Waals surface area contributed by atoms with E-state index in [0.717, 1.165) is 11.1 Å². The lowest BCUT2D eigenvalue weighted by atomic mass is 9.85. The number of hydrogen-bond donors (Lipinski definition) is 5. The van der Waals surface area contributed by atoms with Crippen LogP contribution >= 0.6 is 12.4 Å². The molecule has 0 amide bonds. The predicted molar refractivity (Wildman–Crippen MR) is 84.0 cm³/mol. The number of fused-ring (bicyclic) bond motifs is 1. The van der Waals surface area contributed by atoms with Crippen molar-refractivity contribution >= 4 is 12.4 Å². The Morgan fingerprint density at radius 1 is 0.909 bits per heavy atom. The molecule has 0 saturated heterocycles. The van der Waals surface area contributed by atoms with E-state index < -0.39 is 0 Å². The highest BCUT2D eigenvalue weighted by Crippen LogP contribution is 2.40. The Balaban J connectivity index is 0.00000121. The van der Waals surface area contributed by atoms with Crippen molar-refractivity contribution in [3.8, 4) is 23.0 Å². The van der Waals surface area contributed by atoms with Crippen LogP contribution in [0.2, 0.25) is 0 Å². The standard InChI is InChI=1S/C15H15NO4.ClH.H2O/c17-12-3-1-8(5-14(12)19)10-6-16-7-11-9(10)2-4-13(18)15(11)20;;/h1-5,10,16-20H,6-7H2;1H;1H2/t10-;;/m1../s1. The molecular formula is C15H18ClNO5. The van der Waals surface area contributed by atoms with Gasteiger partial charge in [-0.25, -0.2) is 0 Å². The summed E-state index contributed by atoms with van der Waals surface area (Å²) in [7, 11) is 0. The monoisotopic (exact) mass is 327 g/mol. The van der Waals surface area contributed by atoms with Gasteiger partial charge in [-0.1, -0.05) is 12.1 Å². The van der Waals surface area contributed by atoms with Crippen molar-refractivity contribution in [3.05, 3.63) is 47.0 Å². The van der Waals surface area contributed by atoms with Gasteiger partial charge in [0.1, 0.15) is 0 Å². The summed E-state index contributed by atoms with van der Waals surface area (Å²) in [6.07, 6.45) is 0. The van der Waals surface area contributed by atoms with E-state index >= 15 is 0 Å². The van der Waals surface area contributed by atoms with Gasteiger partial charge in [0.05, 0.1) is 0 Å². The Kier molecular flexibility index (Phi) is 5.48. The van der Waals surface area contributed by atoms with Crippen molar-refractivity contribution in [1.82, 2.24) is 5.32 Å². The SMILES string of the molecule is Cl.O.Oc1ccc([C@H]2CNCc3c2ccc(O)c3O)cc1O. The Morgan fingerprint density at radius 3 is 2.27 bits per heavy atom. The fraction of sp³-hybridized carbons (Fsp3) is 0.200. The van der Waals surface area contributed by atoms with Gasteiger partial charge in [-0.2, -0.15) is 0 Å². The van der Waals surface area contributed by atoms with E-state index in [0.29, 0.717) is 18.7 Å². The van der Waals surface area contributed by atoms with Crippen molar-refractivity contribution in [2.75, 3.05) is 6.54 Å². The number of aromatic hydroxyl groups is 4. The number of hydrogen-bond acceptors (Lipinski definition) is 5. The first-order valence-electron chi connectivity index (χ1n) is 6.34. The van der Waals surface area contributed by atoms with E-state index in [-0.39, 0.29) is 46.8 Å². The molecule has 7 N–H and O–H groups in total. The second kappa shape index (κ2) is 6.74. The molecule has 2 aromatic rings. The summed E-state index contributed by atoms with van der Waals surface area (Å²) >= 11 is 0. The Hall–Kier alpha value is -2.15. The van der Waals surface area contributed by atoms with Crippen LogP contribution in [0.25, 0.3) is 0 Å². The van der Waals surface area contributed by atoms with Crippen LogP contribution in [-0.2, 0) is 6.54 Å². The molecule has 1 heterocycles. The van der Waals surface area contributed by atoms with Gasteiger partial charge in [0.15, 0.2) is 23.0 Å². The third-order valence-electron chi connectivity index (χ3n) is 3.73. The fourth-order valence-corrected chi connectivity index (χ4v) is 2.66. The molecule has 1 aliphatic heterocycles. The lowest BCUT2D eigenvalue weighted by Crippen LogP contribution is -2.28. The van der Waals surface area contributed by atoms with Crippen molar-refractivity contribution in [2.45, 2.75) is 12.5 Å². The highest BCUT2D eigenvalue weighted by Gasteiger charge is 2.25. The second-order valence-corrected chi connectivity index (χ2v) is 4.93. The van der Waals surface area contributed by atoms with E-state index in [1.807, 2.05) is 0 Å². The molecule has 0 saturated carbocycles. The summed E-state index contributed by atoms with van der Waals surface area (Å²) in [5.41, 5.74) is 2.40. The van der Waals surface area contributed by atoms with Crippen LogP contribution in [-0.4, -0.2) is 32.4 Å². The first-order valence-corrected chi connectivity index (χ1v) is 6.34. The van der Waals surface area contributed by atoms with E-state index in [2.05, 4.69) is 5.32 Å². The van der Waals surface area contributed by atoms with Gasteiger partial charge in [-0.3, -0.25) is 0 Å². The molecule has 0 spiro atoms. The third kappa shape index (κ3) is 2.89. The van der Waals surface area contributed by atoms with Gasteiger partial charge in [0, 0.05) is 24.6 Å². The van der Waals surface area contributed by atoms with E-state index in [4.69, 9.17) is 0 Å². The third-order valence-corrected chi connectivity index (χ3v) is 3.73. The maximum Gasteiger partial charge on any atom is 0.162 e. The summed E-state index contributed by atoms with van der Waals surface area (Å²) < 4.78 is 0. The maximum atomic E-state index is 9.93. The van der Waals surface area contributed by atoms with Gasteiger partial charge < -0.3 is 31.2 Å². The molecule has 7 heteroatoms. The van der Waals surface area contributed by atoms with Crippen LogP contribution in [0.4, 0.5) is 0 Å². The fourth-order valence-electron chi connectivity index (χ4n) is 2.66. The number of nitrogens with one attached hydrogen (secondary N) is 1. The molecule has 0 unspecified atom stereocenters. The minimum atomic E-state index is -0.169. The van der Waals surface area contributed by atoms with E-state index in [1.54, 1.807) is 12.1 Å². The summed E-state index contributed by atoms with van der Waals surface area (Å²) in [6, 6.07) is 7.94. The van der Waals surface area contributed by atoms with Gasteiger partial charge >= 0.3 is 0 Å². The summed E-state index contributed by atoms with van der Waals surface area (Å²) in [5.74, 6) is -0.636. The van der Waals surface area contributed by atoms with Crippen LogP contribution in [0.3, 0.4) is 0 Å². The molecule has 1 aliphatic rings. The molecule has 1 atom stereocenters. The summed E-state index contributed by atoms with van der Waals surface area (Å²) in [4.78, 5) is 0. The summed E-state index contributed by atoms with van der Waals surface area (Å²) in [5, 5.41) is 41.7. The van der Waals surface area contributed by atoms with Crippen molar-refractivity contribution in [1.29, 1.82) is 0 Å². The molecule has 0 fully saturated rings. The number of benzene rings is 2. The minimum Gasteiger partial charge on any atom is -0.504 e. The average molecular weight is 328 g/mol. The average Bonchev–Trinajstić information content (AvgIpc) is 2.45. The molecule has 0 aromatic heterocycles. The van der Waals surface area contributed by atoms with Gasteiger partial charge in [-0.15, -0.1) is 12.4 Å². The van der Waals surface area contributed by atoms with Gasteiger partial charge in [-0.05, 0) is 29.3 Å². The van der Waals surface area contributed by atoms with Crippen molar-refractivity contribution in [3.63, 3.8) is 0 Å². The maximum absolute atomic E-state index is 9.93. The quantitative estimate of drug-likeness (QED) is 0.505. The van der Waals surface area contributed by atoms with Crippen molar-refractivity contribution in [2.24, 2.45) is 0 Å². The lowest BCUT2D eigenvalue weighted by molar-refractivity contribution is 0.392. The molecule has 3 rings (SSSR count). The molecule has 22 heavy (non-hydrogen) atoms. The van der Waals surface area contributed by atoms with E-state index in [9.17, 15) is 20.4 Å². The zero-order valence-corrected chi connectivity index (χ0v) is 12.4. The smallest absolute Gasteiger partial charge is 0.162 e.